The van der Waals surface area contributed by atoms with Crippen molar-refractivity contribution in [1.29, 1.82) is 0 Å². The van der Waals surface area contributed by atoms with Gasteiger partial charge in [0.15, 0.2) is 0 Å². The van der Waals surface area contributed by atoms with Crippen molar-refractivity contribution in [2.75, 3.05) is 13.2 Å². The molecule has 0 amide bonds. The van der Waals surface area contributed by atoms with Crippen LogP contribution in [0.5, 0.6) is 0 Å². The van der Waals surface area contributed by atoms with Crippen LogP contribution in [0.25, 0.3) is 0 Å². The molecular formula is C8H17NO4S. The van der Waals surface area contributed by atoms with Crippen molar-refractivity contribution in [1.82, 2.24) is 0 Å². The van der Waals surface area contributed by atoms with Crippen LogP contribution in [0.2, 0.25) is 0 Å². The van der Waals surface area contributed by atoms with Crippen molar-refractivity contribution in [3.63, 3.8) is 0 Å². The first-order chi connectivity index (χ1) is 6.37. The minimum absolute atomic E-state index is 0.0122. The molecule has 0 saturated carbocycles. The second-order valence-corrected chi connectivity index (χ2v) is 4.38. The molecule has 14 heavy (non-hydrogen) atoms. The van der Waals surface area contributed by atoms with Gasteiger partial charge in [-0.25, -0.2) is 5.14 Å². The summed E-state index contributed by atoms with van der Waals surface area (Å²) >= 11 is 0. The van der Waals surface area contributed by atoms with E-state index in [0.29, 0.717) is 6.61 Å². The van der Waals surface area contributed by atoms with Crippen LogP contribution in [-0.2, 0) is 19.2 Å². The van der Waals surface area contributed by atoms with Crippen LogP contribution in [0.15, 0.2) is 12.7 Å². The lowest BCUT2D eigenvalue weighted by atomic mass is 10.1. The van der Waals surface area contributed by atoms with Crippen molar-refractivity contribution in [3.05, 3.63) is 12.7 Å². The molecule has 6 heteroatoms. The normalized spacial score (nSPS) is 14.3. The lowest BCUT2D eigenvalue weighted by molar-refractivity contribution is 0.0430. The highest BCUT2D eigenvalue weighted by atomic mass is 32.2. The van der Waals surface area contributed by atoms with E-state index < -0.39 is 16.4 Å². The van der Waals surface area contributed by atoms with Crippen LogP contribution < -0.4 is 5.14 Å². The van der Waals surface area contributed by atoms with Crippen molar-refractivity contribution in [2.24, 2.45) is 11.1 Å². The SMILES string of the molecule is C=CCOCC(OS(N)(=O)=O)C(C)C. The molecule has 1 unspecified atom stereocenters. The number of ether oxygens (including phenoxy) is 1. The summed E-state index contributed by atoms with van der Waals surface area (Å²) < 4.78 is 31.0. The maximum Gasteiger partial charge on any atom is 0.333 e. The van der Waals surface area contributed by atoms with E-state index in [1.807, 2.05) is 13.8 Å². The summed E-state index contributed by atoms with van der Waals surface area (Å²) in [6, 6.07) is 0. The van der Waals surface area contributed by atoms with Crippen LogP contribution in [0, 0.1) is 5.92 Å². The maximum absolute atomic E-state index is 10.7. The van der Waals surface area contributed by atoms with Crippen LogP contribution in [0.3, 0.4) is 0 Å². The highest BCUT2D eigenvalue weighted by molar-refractivity contribution is 7.84. The molecule has 1 atom stereocenters. The topological polar surface area (TPSA) is 78.6 Å². The summed E-state index contributed by atoms with van der Waals surface area (Å²) in [5.41, 5.74) is 0. The molecule has 0 aromatic heterocycles. The van der Waals surface area contributed by atoms with Gasteiger partial charge in [-0.3, -0.25) is 4.18 Å². The standard InChI is InChI=1S/C8H17NO4S/c1-4-5-12-6-8(7(2)3)13-14(9,10)11/h4,7-8H,1,5-6H2,2-3H3,(H2,9,10,11). The average molecular weight is 223 g/mol. The van der Waals surface area contributed by atoms with Gasteiger partial charge in [-0.15, -0.1) is 6.58 Å². The summed E-state index contributed by atoms with van der Waals surface area (Å²) in [6.07, 6.45) is 1.03. The second-order valence-electron chi connectivity index (χ2n) is 3.20. The summed E-state index contributed by atoms with van der Waals surface area (Å²) in [5, 5.41) is 4.75. The molecule has 84 valence electrons. The van der Waals surface area contributed by atoms with Gasteiger partial charge in [-0.1, -0.05) is 19.9 Å². The molecule has 0 aliphatic carbocycles. The number of hydrogen-bond acceptors (Lipinski definition) is 4. The first-order valence-electron chi connectivity index (χ1n) is 4.26. The van der Waals surface area contributed by atoms with E-state index in [4.69, 9.17) is 9.88 Å². The fourth-order valence-corrected chi connectivity index (χ4v) is 1.39. The van der Waals surface area contributed by atoms with Gasteiger partial charge in [0.2, 0.25) is 0 Å². The first kappa shape index (κ1) is 13.6. The van der Waals surface area contributed by atoms with E-state index in [9.17, 15) is 8.42 Å². The van der Waals surface area contributed by atoms with Gasteiger partial charge in [0.1, 0.15) is 6.10 Å². The highest BCUT2D eigenvalue weighted by Gasteiger charge is 2.19. The number of rotatable bonds is 7. The van der Waals surface area contributed by atoms with Gasteiger partial charge in [0.25, 0.3) is 0 Å². The molecule has 0 radical (unpaired) electrons. The van der Waals surface area contributed by atoms with E-state index in [1.54, 1.807) is 6.08 Å². The van der Waals surface area contributed by atoms with Crippen molar-refractivity contribution in [2.45, 2.75) is 20.0 Å². The Bertz CT molecular complexity index is 261. The summed E-state index contributed by atoms with van der Waals surface area (Å²) in [4.78, 5) is 0. The Kier molecular flexibility index (Phi) is 5.94. The van der Waals surface area contributed by atoms with Crippen LogP contribution >= 0.6 is 0 Å². The zero-order valence-electron chi connectivity index (χ0n) is 8.47. The quantitative estimate of drug-likeness (QED) is 0.501. The minimum Gasteiger partial charge on any atom is -0.375 e. The molecule has 0 aliphatic rings. The lowest BCUT2D eigenvalue weighted by Gasteiger charge is -2.18. The van der Waals surface area contributed by atoms with Gasteiger partial charge in [0.05, 0.1) is 13.2 Å². The third kappa shape index (κ3) is 7.02. The molecular weight excluding hydrogens is 206 g/mol. The van der Waals surface area contributed by atoms with Crippen LogP contribution in [0.4, 0.5) is 0 Å². The number of hydrogen-bond donors (Lipinski definition) is 1. The molecule has 0 aromatic rings. The molecule has 2 N–H and O–H groups in total. The fraction of sp³-hybridized carbons (Fsp3) is 0.750. The van der Waals surface area contributed by atoms with Crippen molar-refractivity contribution in [3.8, 4) is 0 Å². The molecule has 5 nitrogen and oxygen atoms in total. The minimum atomic E-state index is -3.91. The first-order valence-corrected chi connectivity index (χ1v) is 5.73. The zero-order chi connectivity index (χ0) is 11.2. The molecule has 0 rings (SSSR count). The van der Waals surface area contributed by atoms with E-state index >= 15 is 0 Å². The van der Waals surface area contributed by atoms with Crippen molar-refractivity contribution >= 4 is 10.3 Å². The van der Waals surface area contributed by atoms with E-state index in [0.717, 1.165) is 0 Å². The highest BCUT2D eigenvalue weighted by Crippen LogP contribution is 2.08. The van der Waals surface area contributed by atoms with Crippen LogP contribution in [-0.4, -0.2) is 27.7 Å². The van der Waals surface area contributed by atoms with E-state index in [-0.39, 0.29) is 12.5 Å². The maximum atomic E-state index is 10.7. The van der Waals surface area contributed by atoms with Crippen molar-refractivity contribution < 1.29 is 17.3 Å². The Morgan fingerprint density at radius 3 is 2.43 bits per heavy atom. The van der Waals surface area contributed by atoms with Gasteiger partial charge in [0, 0.05) is 0 Å². The second kappa shape index (κ2) is 6.13. The zero-order valence-corrected chi connectivity index (χ0v) is 9.29. The largest absolute Gasteiger partial charge is 0.375 e. The molecule has 0 saturated heterocycles. The molecule has 0 fully saturated rings. The van der Waals surface area contributed by atoms with Gasteiger partial charge in [-0.2, -0.15) is 8.42 Å². The summed E-state index contributed by atoms with van der Waals surface area (Å²) in [6.45, 7) is 7.66. The third-order valence-electron chi connectivity index (χ3n) is 1.52. The summed E-state index contributed by atoms with van der Waals surface area (Å²) in [7, 11) is -3.91. The monoisotopic (exact) mass is 223 g/mol. The van der Waals surface area contributed by atoms with Gasteiger partial charge >= 0.3 is 10.3 Å². The van der Waals surface area contributed by atoms with E-state index in [1.165, 1.54) is 0 Å². The predicted octanol–water partition coefficient (Wildman–Crippen LogP) is 0.434. The third-order valence-corrected chi connectivity index (χ3v) is 2.03. The van der Waals surface area contributed by atoms with Crippen LogP contribution in [0.1, 0.15) is 13.8 Å². The lowest BCUT2D eigenvalue weighted by Crippen LogP contribution is -2.31. The Hall–Kier alpha value is -0.430. The van der Waals surface area contributed by atoms with E-state index in [2.05, 4.69) is 10.8 Å². The fourth-order valence-electron chi connectivity index (χ4n) is 0.771. The summed E-state index contributed by atoms with van der Waals surface area (Å²) in [5.74, 6) is 0.0122. The number of nitrogens with two attached hydrogens (primary N) is 1. The Labute approximate surface area is 85.1 Å². The van der Waals surface area contributed by atoms with Gasteiger partial charge < -0.3 is 4.74 Å². The Morgan fingerprint density at radius 2 is 2.07 bits per heavy atom. The molecule has 0 spiro atoms. The average Bonchev–Trinajstić information content (AvgIpc) is 2.00. The molecule has 0 aliphatic heterocycles. The smallest absolute Gasteiger partial charge is 0.333 e. The molecule has 0 heterocycles. The van der Waals surface area contributed by atoms with Gasteiger partial charge in [-0.05, 0) is 5.92 Å². The Balaban J connectivity index is 4.10. The predicted molar refractivity (Wildman–Crippen MR) is 53.8 cm³/mol. The molecule has 0 aromatic carbocycles. The Morgan fingerprint density at radius 1 is 1.50 bits per heavy atom. The molecule has 0 bridgehead atoms.